The van der Waals surface area contributed by atoms with Crippen LogP contribution in [0.2, 0.25) is 10.0 Å². The fourth-order valence-electron chi connectivity index (χ4n) is 2.06. The molecule has 0 aliphatic carbocycles. The number of nitrogens with one attached hydrogen (secondary N) is 1. The Hall–Kier alpha value is -1.78. The first-order valence-electron chi connectivity index (χ1n) is 6.09. The summed E-state index contributed by atoms with van der Waals surface area (Å²) in [5, 5.41) is 4.52. The molecule has 0 unspecified atom stereocenters. The van der Waals surface area contributed by atoms with Crippen LogP contribution in [0.5, 0.6) is 0 Å². The fraction of sp³-hybridized carbons (Fsp3) is 0.143. The van der Waals surface area contributed by atoms with Crippen molar-refractivity contribution in [3.63, 3.8) is 0 Å². The van der Waals surface area contributed by atoms with Crippen molar-refractivity contribution in [2.24, 2.45) is 7.05 Å². The summed E-state index contributed by atoms with van der Waals surface area (Å²) in [5.74, 6) is 0.721. The molecule has 1 N–H and O–H groups in total. The Balaban J connectivity index is 1.91. The molecule has 0 atom stereocenters. The summed E-state index contributed by atoms with van der Waals surface area (Å²) in [7, 11) is 1.95. The lowest BCUT2D eigenvalue weighted by Crippen LogP contribution is -2.03. The van der Waals surface area contributed by atoms with Crippen molar-refractivity contribution in [1.82, 2.24) is 14.5 Å². The topological polar surface area (TPSA) is 42.7 Å². The maximum absolute atomic E-state index is 6.15. The highest BCUT2D eigenvalue weighted by Gasteiger charge is 2.09. The van der Waals surface area contributed by atoms with Crippen LogP contribution in [-0.2, 0) is 13.6 Å². The number of nitrogens with zero attached hydrogens (tertiary/aromatic N) is 3. The van der Waals surface area contributed by atoms with Crippen LogP contribution >= 0.6 is 23.2 Å². The first-order valence-corrected chi connectivity index (χ1v) is 6.85. The van der Waals surface area contributed by atoms with Gasteiger partial charge in [0.05, 0.1) is 11.8 Å². The van der Waals surface area contributed by atoms with Gasteiger partial charge in [-0.05, 0) is 18.2 Å². The monoisotopic (exact) mass is 306 g/mol. The summed E-state index contributed by atoms with van der Waals surface area (Å²) >= 11 is 12.3. The van der Waals surface area contributed by atoms with E-state index >= 15 is 0 Å². The highest BCUT2D eigenvalue weighted by Crippen LogP contribution is 2.26. The largest absolute Gasteiger partial charge is 0.364 e. The quantitative estimate of drug-likeness (QED) is 0.798. The molecule has 0 saturated carbocycles. The van der Waals surface area contributed by atoms with E-state index in [4.69, 9.17) is 23.2 Å². The summed E-state index contributed by atoms with van der Waals surface area (Å²) in [4.78, 5) is 8.67. The first kappa shape index (κ1) is 13.2. The van der Waals surface area contributed by atoms with E-state index in [0.29, 0.717) is 16.6 Å². The summed E-state index contributed by atoms with van der Waals surface area (Å²) in [5.41, 5.74) is 2.71. The Morgan fingerprint density at radius 1 is 1.15 bits per heavy atom. The van der Waals surface area contributed by atoms with Crippen LogP contribution in [0.25, 0.3) is 11.0 Å². The molecule has 6 heteroatoms. The van der Waals surface area contributed by atoms with E-state index in [9.17, 15) is 0 Å². The SMILES string of the molecule is Cn1cnc2c(NCc3c(Cl)cccc3Cl)nccc21. The van der Waals surface area contributed by atoms with Crippen molar-refractivity contribution < 1.29 is 0 Å². The van der Waals surface area contributed by atoms with Gasteiger partial charge in [-0.3, -0.25) is 0 Å². The molecule has 1 aromatic carbocycles. The van der Waals surface area contributed by atoms with Crippen LogP contribution in [0.15, 0.2) is 36.8 Å². The second kappa shape index (κ2) is 5.31. The lowest BCUT2D eigenvalue weighted by molar-refractivity contribution is 0.947. The average Bonchev–Trinajstić information content (AvgIpc) is 2.81. The lowest BCUT2D eigenvalue weighted by atomic mass is 10.2. The van der Waals surface area contributed by atoms with Crippen LogP contribution in [0.1, 0.15) is 5.56 Å². The van der Waals surface area contributed by atoms with Crippen molar-refractivity contribution in [2.45, 2.75) is 6.54 Å². The average molecular weight is 307 g/mol. The Morgan fingerprint density at radius 3 is 2.65 bits per heavy atom. The second-order valence-electron chi connectivity index (χ2n) is 4.44. The summed E-state index contributed by atoms with van der Waals surface area (Å²) in [6.45, 7) is 0.501. The molecule has 0 saturated heterocycles. The number of rotatable bonds is 3. The lowest BCUT2D eigenvalue weighted by Gasteiger charge is -2.09. The van der Waals surface area contributed by atoms with E-state index in [1.807, 2.05) is 35.9 Å². The number of fused-ring (bicyclic) bond motifs is 1. The van der Waals surface area contributed by atoms with Crippen LogP contribution in [0, 0.1) is 0 Å². The van der Waals surface area contributed by atoms with Gasteiger partial charge in [-0.15, -0.1) is 0 Å². The molecular formula is C14H12Cl2N4. The molecule has 0 fully saturated rings. The van der Waals surface area contributed by atoms with Crippen molar-refractivity contribution in [3.05, 3.63) is 52.4 Å². The molecule has 0 radical (unpaired) electrons. The van der Waals surface area contributed by atoms with E-state index in [0.717, 1.165) is 22.4 Å². The molecule has 4 nitrogen and oxygen atoms in total. The number of hydrogen-bond donors (Lipinski definition) is 1. The van der Waals surface area contributed by atoms with Crippen LogP contribution in [0.3, 0.4) is 0 Å². The van der Waals surface area contributed by atoms with Gasteiger partial charge < -0.3 is 9.88 Å². The van der Waals surface area contributed by atoms with Crippen molar-refractivity contribution in [2.75, 3.05) is 5.32 Å². The predicted molar refractivity (Wildman–Crippen MR) is 82.3 cm³/mol. The maximum Gasteiger partial charge on any atom is 0.154 e. The van der Waals surface area contributed by atoms with Gasteiger partial charge in [-0.1, -0.05) is 29.3 Å². The van der Waals surface area contributed by atoms with E-state index in [1.165, 1.54) is 0 Å². The zero-order chi connectivity index (χ0) is 14.1. The van der Waals surface area contributed by atoms with Gasteiger partial charge in [0.15, 0.2) is 5.82 Å². The van der Waals surface area contributed by atoms with Crippen molar-refractivity contribution in [3.8, 4) is 0 Å². The zero-order valence-corrected chi connectivity index (χ0v) is 12.3. The van der Waals surface area contributed by atoms with Crippen molar-refractivity contribution >= 4 is 40.1 Å². The third-order valence-electron chi connectivity index (χ3n) is 3.14. The number of pyridine rings is 1. The van der Waals surface area contributed by atoms with E-state index in [-0.39, 0.29) is 0 Å². The van der Waals surface area contributed by atoms with Gasteiger partial charge >= 0.3 is 0 Å². The number of benzene rings is 1. The summed E-state index contributed by atoms with van der Waals surface area (Å²) in [6.07, 6.45) is 3.51. The van der Waals surface area contributed by atoms with E-state index in [2.05, 4.69) is 15.3 Å². The maximum atomic E-state index is 6.15. The fourth-order valence-corrected chi connectivity index (χ4v) is 2.60. The molecule has 0 amide bonds. The van der Waals surface area contributed by atoms with Crippen LogP contribution in [0.4, 0.5) is 5.82 Å². The minimum Gasteiger partial charge on any atom is -0.364 e. The molecule has 3 rings (SSSR count). The second-order valence-corrected chi connectivity index (χ2v) is 5.25. The Kier molecular flexibility index (Phi) is 3.51. The van der Waals surface area contributed by atoms with E-state index in [1.54, 1.807) is 12.5 Å². The molecule has 0 spiro atoms. The van der Waals surface area contributed by atoms with Crippen LogP contribution < -0.4 is 5.32 Å². The van der Waals surface area contributed by atoms with Gasteiger partial charge in [0.2, 0.25) is 0 Å². The van der Waals surface area contributed by atoms with Crippen LogP contribution in [-0.4, -0.2) is 14.5 Å². The third kappa shape index (κ3) is 2.32. The number of imidazole rings is 1. The minimum absolute atomic E-state index is 0.501. The highest BCUT2D eigenvalue weighted by molar-refractivity contribution is 6.36. The molecular weight excluding hydrogens is 295 g/mol. The normalized spacial score (nSPS) is 10.9. The van der Waals surface area contributed by atoms with E-state index < -0.39 is 0 Å². The smallest absolute Gasteiger partial charge is 0.154 e. The molecule has 0 aliphatic heterocycles. The standard InChI is InChI=1S/C14H12Cl2N4/c1-20-8-19-13-12(20)5-6-17-14(13)18-7-9-10(15)3-2-4-11(9)16/h2-6,8H,7H2,1H3,(H,17,18). The van der Waals surface area contributed by atoms with Gasteiger partial charge in [-0.25, -0.2) is 9.97 Å². The third-order valence-corrected chi connectivity index (χ3v) is 3.85. The molecule has 102 valence electrons. The first-order chi connectivity index (χ1) is 9.66. The van der Waals surface area contributed by atoms with Gasteiger partial charge in [0, 0.05) is 35.4 Å². The number of aryl methyl sites for hydroxylation is 1. The summed E-state index contributed by atoms with van der Waals surface area (Å²) in [6, 6.07) is 7.39. The molecule has 2 heterocycles. The Morgan fingerprint density at radius 2 is 1.90 bits per heavy atom. The molecule has 0 bridgehead atoms. The molecule has 20 heavy (non-hydrogen) atoms. The van der Waals surface area contributed by atoms with Gasteiger partial charge in [0.1, 0.15) is 5.52 Å². The van der Waals surface area contributed by atoms with Crippen molar-refractivity contribution in [1.29, 1.82) is 0 Å². The number of halogens is 2. The zero-order valence-electron chi connectivity index (χ0n) is 10.8. The predicted octanol–water partition coefficient (Wildman–Crippen LogP) is 3.89. The number of hydrogen-bond acceptors (Lipinski definition) is 3. The Labute approximate surface area is 126 Å². The number of anilines is 1. The highest BCUT2D eigenvalue weighted by atomic mass is 35.5. The van der Waals surface area contributed by atoms with Gasteiger partial charge in [0.25, 0.3) is 0 Å². The summed E-state index contributed by atoms with van der Waals surface area (Å²) < 4.78 is 1.95. The van der Waals surface area contributed by atoms with Gasteiger partial charge in [-0.2, -0.15) is 0 Å². The minimum atomic E-state index is 0.501. The number of aromatic nitrogens is 3. The molecule has 2 aromatic heterocycles. The molecule has 3 aromatic rings. The Bertz CT molecular complexity index is 747. The molecule has 0 aliphatic rings.